The molecule has 0 aromatic heterocycles. The fraction of sp³-hybridized carbons (Fsp3) is 0.111. The Labute approximate surface area is 154 Å². The topological polar surface area (TPSA) is 44.7 Å². The minimum Gasteiger partial charge on any atom is -0.378 e. The van der Waals surface area contributed by atoms with Crippen LogP contribution in [0.1, 0.15) is 5.56 Å². The van der Waals surface area contributed by atoms with E-state index in [9.17, 15) is 9.18 Å². The van der Waals surface area contributed by atoms with Gasteiger partial charge in [0.2, 0.25) is 0 Å². The predicted molar refractivity (Wildman–Crippen MR) is 103 cm³/mol. The third-order valence-corrected chi connectivity index (χ3v) is 4.69. The van der Waals surface area contributed by atoms with E-state index < -0.39 is 5.82 Å². The molecule has 0 aliphatic carbocycles. The van der Waals surface area contributed by atoms with Crippen molar-refractivity contribution < 1.29 is 9.18 Å². The maximum atomic E-state index is 13.2. The lowest BCUT2D eigenvalue weighted by Gasteiger charge is -2.11. The number of aliphatic imine (C=N–C) groups is 1. The molecule has 3 rings (SSSR count). The third kappa shape index (κ3) is 4.21. The lowest BCUT2D eigenvalue weighted by atomic mass is 10.2. The second-order valence-electron chi connectivity index (χ2n) is 5.57. The van der Waals surface area contributed by atoms with Crippen molar-refractivity contribution in [2.24, 2.45) is 4.99 Å². The Bertz CT molecular complexity index is 878. The van der Waals surface area contributed by atoms with Gasteiger partial charge < -0.3 is 10.2 Å². The molecule has 1 fully saturated rings. The zero-order valence-corrected chi connectivity index (χ0v) is 15.2. The number of thioether (sulfide) groups is 1. The second-order valence-corrected chi connectivity index (χ2v) is 7.00. The van der Waals surface area contributed by atoms with Crippen LogP contribution < -0.4 is 10.2 Å². The van der Waals surface area contributed by atoms with Gasteiger partial charge in [0.05, 0.1) is 15.6 Å². The summed E-state index contributed by atoms with van der Waals surface area (Å²) in [5.41, 5.74) is 2.49. The van der Waals surface area contributed by atoms with Gasteiger partial charge in [0.1, 0.15) is 5.82 Å². The molecule has 4 nitrogen and oxygen atoms in total. The third-order valence-electron chi connectivity index (χ3n) is 3.49. The Morgan fingerprint density at radius 1 is 1.20 bits per heavy atom. The highest BCUT2D eigenvalue weighted by atomic mass is 35.5. The first-order valence-corrected chi connectivity index (χ1v) is 8.64. The summed E-state index contributed by atoms with van der Waals surface area (Å²) < 4.78 is 13.2. The van der Waals surface area contributed by atoms with Crippen LogP contribution in [0.15, 0.2) is 52.4 Å². The molecule has 0 unspecified atom stereocenters. The number of benzene rings is 2. The minimum atomic E-state index is -0.504. The molecule has 1 heterocycles. The van der Waals surface area contributed by atoms with Crippen molar-refractivity contribution in [3.8, 4) is 0 Å². The average molecular weight is 376 g/mol. The van der Waals surface area contributed by atoms with Gasteiger partial charge in [-0.2, -0.15) is 0 Å². The quantitative estimate of drug-likeness (QED) is 0.807. The van der Waals surface area contributed by atoms with Gasteiger partial charge in [0.25, 0.3) is 5.91 Å². The molecule has 2 aromatic rings. The Morgan fingerprint density at radius 3 is 2.56 bits per heavy atom. The van der Waals surface area contributed by atoms with E-state index in [0.717, 1.165) is 11.3 Å². The van der Waals surface area contributed by atoms with Crippen LogP contribution in [-0.2, 0) is 4.79 Å². The molecular formula is C18H15ClFN3OS. The largest absolute Gasteiger partial charge is 0.378 e. The lowest BCUT2D eigenvalue weighted by Crippen LogP contribution is -2.19. The molecule has 128 valence electrons. The Hall–Kier alpha value is -2.31. The fourth-order valence-corrected chi connectivity index (χ4v) is 3.19. The smallest absolute Gasteiger partial charge is 0.264 e. The van der Waals surface area contributed by atoms with Gasteiger partial charge >= 0.3 is 0 Å². The number of amidine groups is 1. The summed E-state index contributed by atoms with van der Waals surface area (Å²) >= 11 is 6.98. The molecule has 1 aliphatic rings. The molecule has 2 aromatic carbocycles. The van der Waals surface area contributed by atoms with Gasteiger partial charge in [0, 0.05) is 19.8 Å². The van der Waals surface area contributed by atoms with Crippen LogP contribution in [-0.4, -0.2) is 25.2 Å². The van der Waals surface area contributed by atoms with Crippen LogP contribution >= 0.6 is 23.4 Å². The maximum Gasteiger partial charge on any atom is 0.264 e. The van der Waals surface area contributed by atoms with E-state index in [0.29, 0.717) is 15.8 Å². The SMILES string of the molecule is CN(C)c1ccc(/C=C2\SC(=Nc3ccc(F)c(Cl)c3)NC2=O)cc1. The summed E-state index contributed by atoms with van der Waals surface area (Å²) in [7, 11) is 3.94. The van der Waals surface area contributed by atoms with E-state index >= 15 is 0 Å². The number of anilines is 1. The summed E-state index contributed by atoms with van der Waals surface area (Å²) in [6.45, 7) is 0. The van der Waals surface area contributed by atoms with Gasteiger partial charge in [0.15, 0.2) is 5.17 Å². The fourth-order valence-electron chi connectivity index (χ4n) is 2.17. The zero-order chi connectivity index (χ0) is 18.0. The van der Waals surface area contributed by atoms with E-state index in [1.807, 2.05) is 43.3 Å². The number of nitrogens with zero attached hydrogens (tertiary/aromatic N) is 2. The van der Waals surface area contributed by atoms with Crippen molar-refractivity contribution in [1.82, 2.24) is 5.32 Å². The number of halogens is 2. The highest BCUT2D eigenvalue weighted by molar-refractivity contribution is 8.18. The standard InChI is InChI=1S/C18H15ClFN3OS/c1-23(2)13-6-3-11(4-7-13)9-16-17(24)22-18(25-16)21-12-5-8-15(20)14(19)10-12/h3-10H,1-2H3,(H,21,22,24)/b16-9-. The number of amides is 1. The van der Waals surface area contributed by atoms with Gasteiger partial charge in [-0.05, 0) is 53.7 Å². The first-order valence-electron chi connectivity index (χ1n) is 7.44. The number of rotatable bonds is 3. The van der Waals surface area contributed by atoms with E-state index in [1.165, 1.54) is 30.0 Å². The van der Waals surface area contributed by atoms with Crippen LogP contribution in [0.3, 0.4) is 0 Å². The van der Waals surface area contributed by atoms with Crippen LogP contribution in [0.25, 0.3) is 6.08 Å². The van der Waals surface area contributed by atoms with Gasteiger partial charge in [-0.3, -0.25) is 4.79 Å². The van der Waals surface area contributed by atoms with E-state index in [-0.39, 0.29) is 10.9 Å². The molecule has 0 spiro atoms. The van der Waals surface area contributed by atoms with Crippen LogP contribution in [0, 0.1) is 5.82 Å². The van der Waals surface area contributed by atoms with Crippen molar-refractivity contribution in [3.05, 3.63) is 63.8 Å². The molecule has 0 radical (unpaired) electrons. The van der Waals surface area contributed by atoms with Crippen molar-refractivity contribution in [3.63, 3.8) is 0 Å². The van der Waals surface area contributed by atoms with E-state index in [4.69, 9.17) is 11.6 Å². The number of carbonyl (C=O) groups is 1. The first kappa shape index (κ1) is 17.5. The predicted octanol–water partition coefficient (Wildman–Crippen LogP) is 4.44. The van der Waals surface area contributed by atoms with Gasteiger partial charge in [-0.25, -0.2) is 9.38 Å². The summed E-state index contributed by atoms with van der Waals surface area (Å²) in [6.07, 6.45) is 1.81. The number of nitrogens with one attached hydrogen (secondary N) is 1. The summed E-state index contributed by atoms with van der Waals surface area (Å²) in [6, 6.07) is 12.0. The Kier molecular flexibility index (Phi) is 5.11. The molecule has 1 saturated heterocycles. The van der Waals surface area contributed by atoms with Crippen molar-refractivity contribution in [1.29, 1.82) is 0 Å². The second kappa shape index (κ2) is 7.29. The Balaban J connectivity index is 1.79. The van der Waals surface area contributed by atoms with Crippen LogP contribution in [0.2, 0.25) is 5.02 Å². The van der Waals surface area contributed by atoms with Crippen LogP contribution in [0.4, 0.5) is 15.8 Å². The molecule has 0 saturated carbocycles. The monoisotopic (exact) mass is 375 g/mol. The molecule has 7 heteroatoms. The molecule has 25 heavy (non-hydrogen) atoms. The minimum absolute atomic E-state index is 0.00655. The molecule has 1 amide bonds. The average Bonchev–Trinajstić information content (AvgIpc) is 2.91. The maximum absolute atomic E-state index is 13.2. The molecule has 1 aliphatic heterocycles. The number of carbonyl (C=O) groups excluding carboxylic acids is 1. The highest BCUT2D eigenvalue weighted by Crippen LogP contribution is 2.29. The van der Waals surface area contributed by atoms with Crippen molar-refractivity contribution >= 4 is 51.9 Å². The molecular weight excluding hydrogens is 361 g/mol. The van der Waals surface area contributed by atoms with Gasteiger partial charge in [-0.15, -0.1) is 0 Å². The number of hydrogen-bond donors (Lipinski definition) is 1. The van der Waals surface area contributed by atoms with Crippen molar-refractivity contribution in [2.45, 2.75) is 0 Å². The zero-order valence-electron chi connectivity index (χ0n) is 13.6. The molecule has 1 N–H and O–H groups in total. The highest BCUT2D eigenvalue weighted by Gasteiger charge is 2.23. The summed E-state index contributed by atoms with van der Waals surface area (Å²) in [4.78, 5) is 18.9. The lowest BCUT2D eigenvalue weighted by molar-refractivity contribution is -0.115. The summed E-state index contributed by atoms with van der Waals surface area (Å²) in [5.74, 6) is -0.718. The number of hydrogen-bond acceptors (Lipinski definition) is 4. The molecule has 0 bridgehead atoms. The van der Waals surface area contributed by atoms with Crippen LogP contribution in [0.5, 0.6) is 0 Å². The van der Waals surface area contributed by atoms with E-state index in [1.54, 1.807) is 6.08 Å². The summed E-state index contributed by atoms with van der Waals surface area (Å²) in [5, 5.41) is 3.12. The Morgan fingerprint density at radius 2 is 1.92 bits per heavy atom. The van der Waals surface area contributed by atoms with E-state index in [2.05, 4.69) is 10.3 Å². The molecule has 0 atom stereocenters. The first-order chi connectivity index (χ1) is 11.9. The van der Waals surface area contributed by atoms with Crippen molar-refractivity contribution in [2.75, 3.05) is 19.0 Å². The normalized spacial score (nSPS) is 17.2. The van der Waals surface area contributed by atoms with Gasteiger partial charge in [-0.1, -0.05) is 23.7 Å².